The topological polar surface area (TPSA) is 17.0 Å². The smallest absolute Gasteiger partial charge is 0.0484 e. The van der Waals surface area contributed by atoms with Gasteiger partial charge in [0.1, 0.15) is 0 Å². The van der Waals surface area contributed by atoms with Crippen LogP contribution in [0.1, 0.15) is 36.6 Å². The van der Waals surface area contributed by atoms with Crippen molar-refractivity contribution in [3.05, 3.63) is 53.3 Å². The first-order chi connectivity index (χ1) is 9.24. The van der Waals surface area contributed by atoms with Crippen molar-refractivity contribution in [3.8, 4) is 5.69 Å². The molecule has 0 amide bonds. The average Bonchev–Trinajstić information content (AvgIpc) is 2.86. The largest absolute Gasteiger partial charge is 0.319 e. The Labute approximate surface area is 116 Å². The molecule has 0 atom stereocenters. The maximum absolute atomic E-state index is 3.51. The van der Waals surface area contributed by atoms with Crippen LogP contribution in [-0.4, -0.2) is 11.1 Å². The Balaban J connectivity index is 2.17. The normalized spacial score (nSPS) is 10.9. The van der Waals surface area contributed by atoms with Crippen LogP contribution >= 0.6 is 0 Å². The van der Waals surface area contributed by atoms with E-state index in [1.54, 1.807) is 0 Å². The second-order valence-electron chi connectivity index (χ2n) is 5.12. The van der Waals surface area contributed by atoms with E-state index in [2.05, 4.69) is 67.2 Å². The van der Waals surface area contributed by atoms with E-state index in [9.17, 15) is 0 Å². The molecule has 0 spiro atoms. The highest BCUT2D eigenvalue weighted by molar-refractivity contribution is 5.46. The zero-order valence-electron chi connectivity index (χ0n) is 12.2. The molecule has 0 saturated heterocycles. The molecule has 0 aliphatic heterocycles. The lowest BCUT2D eigenvalue weighted by atomic mass is 10.1. The highest BCUT2D eigenvalue weighted by atomic mass is 15.0. The van der Waals surface area contributed by atoms with Crippen molar-refractivity contribution in [3.63, 3.8) is 0 Å². The summed E-state index contributed by atoms with van der Waals surface area (Å²) in [5.74, 6) is 0. The summed E-state index contributed by atoms with van der Waals surface area (Å²) in [4.78, 5) is 0. The highest BCUT2D eigenvalue weighted by Crippen LogP contribution is 2.19. The number of hydrogen-bond acceptors (Lipinski definition) is 1. The third-order valence-corrected chi connectivity index (χ3v) is 3.68. The molecule has 19 heavy (non-hydrogen) atoms. The lowest BCUT2D eigenvalue weighted by Gasteiger charge is -2.14. The first-order valence-electron chi connectivity index (χ1n) is 7.17. The van der Waals surface area contributed by atoms with Gasteiger partial charge in [-0.3, -0.25) is 0 Å². The SMILES string of the molecule is CCCCNCc1cccn1-c1cccc(C)c1C. The quantitative estimate of drug-likeness (QED) is 0.773. The van der Waals surface area contributed by atoms with Crippen LogP contribution in [0.4, 0.5) is 0 Å². The van der Waals surface area contributed by atoms with Gasteiger partial charge in [-0.25, -0.2) is 0 Å². The van der Waals surface area contributed by atoms with Gasteiger partial charge in [0.25, 0.3) is 0 Å². The second-order valence-corrected chi connectivity index (χ2v) is 5.12. The van der Waals surface area contributed by atoms with Crippen molar-refractivity contribution in [1.82, 2.24) is 9.88 Å². The predicted molar refractivity (Wildman–Crippen MR) is 81.9 cm³/mol. The fourth-order valence-corrected chi connectivity index (χ4v) is 2.31. The van der Waals surface area contributed by atoms with Gasteiger partial charge in [-0.2, -0.15) is 0 Å². The zero-order chi connectivity index (χ0) is 13.7. The van der Waals surface area contributed by atoms with E-state index < -0.39 is 0 Å². The molecule has 1 N–H and O–H groups in total. The summed E-state index contributed by atoms with van der Waals surface area (Å²) in [5.41, 5.74) is 5.31. The molecule has 1 heterocycles. The van der Waals surface area contributed by atoms with E-state index >= 15 is 0 Å². The van der Waals surface area contributed by atoms with E-state index in [1.165, 1.54) is 35.3 Å². The molecule has 0 bridgehead atoms. The molecule has 0 unspecified atom stereocenters. The van der Waals surface area contributed by atoms with Crippen LogP contribution < -0.4 is 5.32 Å². The average molecular weight is 256 g/mol. The van der Waals surface area contributed by atoms with Crippen LogP contribution in [0, 0.1) is 13.8 Å². The summed E-state index contributed by atoms with van der Waals surface area (Å²) in [6, 6.07) is 10.8. The molecule has 0 fully saturated rings. The van der Waals surface area contributed by atoms with Gasteiger partial charge >= 0.3 is 0 Å². The minimum atomic E-state index is 0.931. The molecule has 0 aliphatic carbocycles. The molecule has 2 heteroatoms. The molecule has 1 aromatic carbocycles. The summed E-state index contributed by atoms with van der Waals surface area (Å²) in [5, 5.41) is 3.51. The fraction of sp³-hybridized carbons (Fsp3) is 0.412. The highest BCUT2D eigenvalue weighted by Gasteiger charge is 2.06. The zero-order valence-corrected chi connectivity index (χ0v) is 12.2. The van der Waals surface area contributed by atoms with E-state index in [1.807, 2.05) is 0 Å². The number of benzene rings is 1. The minimum Gasteiger partial charge on any atom is -0.319 e. The van der Waals surface area contributed by atoms with Gasteiger partial charge in [0.2, 0.25) is 0 Å². The molecular weight excluding hydrogens is 232 g/mol. The first-order valence-corrected chi connectivity index (χ1v) is 7.17. The van der Waals surface area contributed by atoms with E-state index in [0.717, 1.165) is 13.1 Å². The Morgan fingerprint density at radius 1 is 1.11 bits per heavy atom. The fourth-order valence-electron chi connectivity index (χ4n) is 2.31. The van der Waals surface area contributed by atoms with Crippen molar-refractivity contribution in [2.45, 2.75) is 40.2 Å². The second kappa shape index (κ2) is 6.58. The Bertz CT molecular complexity index is 526. The van der Waals surface area contributed by atoms with Crippen LogP contribution in [-0.2, 0) is 6.54 Å². The third-order valence-electron chi connectivity index (χ3n) is 3.68. The summed E-state index contributed by atoms with van der Waals surface area (Å²) in [7, 11) is 0. The number of hydrogen-bond donors (Lipinski definition) is 1. The Morgan fingerprint density at radius 3 is 2.74 bits per heavy atom. The number of aryl methyl sites for hydroxylation is 1. The van der Waals surface area contributed by atoms with Crippen LogP contribution in [0.25, 0.3) is 5.69 Å². The van der Waals surface area contributed by atoms with Crippen molar-refractivity contribution < 1.29 is 0 Å². The lowest BCUT2D eigenvalue weighted by Crippen LogP contribution is -2.17. The van der Waals surface area contributed by atoms with Crippen molar-refractivity contribution >= 4 is 0 Å². The number of aromatic nitrogens is 1. The molecule has 2 rings (SSSR count). The van der Waals surface area contributed by atoms with Crippen LogP contribution in [0.15, 0.2) is 36.5 Å². The summed E-state index contributed by atoms with van der Waals surface area (Å²) < 4.78 is 2.29. The van der Waals surface area contributed by atoms with Crippen molar-refractivity contribution in [1.29, 1.82) is 0 Å². The van der Waals surface area contributed by atoms with Gasteiger partial charge < -0.3 is 9.88 Å². The number of nitrogens with one attached hydrogen (secondary N) is 1. The van der Waals surface area contributed by atoms with Gasteiger partial charge in [-0.05, 0) is 56.1 Å². The van der Waals surface area contributed by atoms with Crippen LogP contribution in [0.3, 0.4) is 0 Å². The number of nitrogens with zero attached hydrogens (tertiary/aromatic N) is 1. The Kier molecular flexibility index (Phi) is 4.80. The lowest BCUT2D eigenvalue weighted by molar-refractivity contribution is 0.627. The maximum Gasteiger partial charge on any atom is 0.0484 e. The monoisotopic (exact) mass is 256 g/mol. The van der Waals surface area contributed by atoms with Crippen molar-refractivity contribution in [2.75, 3.05) is 6.54 Å². The summed E-state index contributed by atoms with van der Waals surface area (Å²) >= 11 is 0. The standard InChI is InChI=1S/C17H24N2/c1-4-5-11-18-13-16-9-7-12-19(16)17-10-6-8-14(2)15(17)3/h6-10,12,18H,4-5,11,13H2,1-3H3. The third kappa shape index (κ3) is 3.27. The van der Waals surface area contributed by atoms with Gasteiger partial charge in [-0.1, -0.05) is 25.5 Å². The van der Waals surface area contributed by atoms with Gasteiger partial charge in [-0.15, -0.1) is 0 Å². The number of rotatable bonds is 6. The van der Waals surface area contributed by atoms with Gasteiger partial charge in [0.15, 0.2) is 0 Å². The summed E-state index contributed by atoms with van der Waals surface area (Å²) in [6.07, 6.45) is 4.63. The molecule has 2 nitrogen and oxygen atoms in total. The Hall–Kier alpha value is -1.54. The minimum absolute atomic E-state index is 0.931. The molecule has 2 aromatic rings. The summed E-state index contributed by atoms with van der Waals surface area (Å²) in [6.45, 7) is 8.61. The first kappa shape index (κ1) is 13.9. The molecular formula is C17H24N2. The van der Waals surface area contributed by atoms with E-state index in [-0.39, 0.29) is 0 Å². The molecule has 0 saturated carbocycles. The molecule has 102 valence electrons. The Morgan fingerprint density at radius 2 is 1.95 bits per heavy atom. The van der Waals surface area contributed by atoms with Crippen molar-refractivity contribution in [2.24, 2.45) is 0 Å². The number of unbranched alkanes of at least 4 members (excludes halogenated alkanes) is 1. The maximum atomic E-state index is 3.51. The van der Waals surface area contributed by atoms with Gasteiger partial charge in [0, 0.05) is 24.1 Å². The van der Waals surface area contributed by atoms with E-state index in [0.29, 0.717) is 0 Å². The molecule has 1 aromatic heterocycles. The van der Waals surface area contributed by atoms with E-state index in [4.69, 9.17) is 0 Å². The molecule has 0 radical (unpaired) electrons. The predicted octanol–water partition coefficient (Wildman–Crippen LogP) is 3.98. The van der Waals surface area contributed by atoms with Gasteiger partial charge in [0.05, 0.1) is 0 Å². The van der Waals surface area contributed by atoms with Crippen LogP contribution in [0.2, 0.25) is 0 Å². The molecule has 0 aliphatic rings. The van der Waals surface area contributed by atoms with Crippen LogP contribution in [0.5, 0.6) is 0 Å².